The van der Waals surface area contributed by atoms with Crippen LogP contribution in [0.1, 0.15) is 26.7 Å². The lowest BCUT2D eigenvalue weighted by molar-refractivity contribution is 0.855. The van der Waals surface area contributed by atoms with Crippen LogP contribution in [0.3, 0.4) is 0 Å². The molecule has 1 heterocycles. The molecule has 0 aliphatic rings. The molecule has 4 heteroatoms. The number of hydrogen-bond acceptors (Lipinski definition) is 3. The minimum Gasteiger partial charge on any atom is -0.297 e. The van der Waals surface area contributed by atoms with Gasteiger partial charge >= 0.3 is 0 Å². The molecule has 0 fully saturated rings. The maximum absolute atomic E-state index is 3.91. The van der Waals surface area contributed by atoms with Crippen LogP contribution in [-0.2, 0) is 0 Å². The summed E-state index contributed by atoms with van der Waals surface area (Å²) in [4.78, 5) is 0. The van der Waals surface area contributed by atoms with E-state index in [2.05, 4.69) is 42.1 Å². The zero-order valence-corrected chi connectivity index (χ0v) is 8.70. The van der Waals surface area contributed by atoms with Crippen molar-refractivity contribution in [1.29, 1.82) is 0 Å². The first-order chi connectivity index (χ1) is 6.68. The Kier molecular flexibility index (Phi) is 3.91. The van der Waals surface area contributed by atoms with Gasteiger partial charge in [-0.25, -0.2) is 4.68 Å². The molecule has 0 aliphatic heterocycles. The Morgan fingerprint density at radius 1 is 1.43 bits per heavy atom. The van der Waals surface area contributed by atoms with Crippen LogP contribution in [0.25, 0.3) is 0 Å². The standard InChI is InChI=1S/C10H16N4/c1-9(2)5-4-6-10(3)13-14-7-11-12-8-14/h5,7-8,13H,3-4,6H2,1-2H3. The van der Waals surface area contributed by atoms with Gasteiger partial charge in [0.2, 0.25) is 0 Å². The van der Waals surface area contributed by atoms with E-state index >= 15 is 0 Å². The van der Waals surface area contributed by atoms with Gasteiger partial charge in [0.05, 0.1) is 0 Å². The van der Waals surface area contributed by atoms with Crippen LogP contribution >= 0.6 is 0 Å². The van der Waals surface area contributed by atoms with Crippen molar-refractivity contribution in [3.63, 3.8) is 0 Å². The predicted octanol–water partition coefficient (Wildman–Crippen LogP) is 2.08. The maximum atomic E-state index is 3.91. The zero-order chi connectivity index (χ0) is 10.4. The van der Waals surface area contributed by atoms with E-state index < -0.39 is 0 Å². The van der Waals surface area contributed by atoms with E-state index in [0.717, 1.165) is 18.5 Å². The third-order valence-electron chi connectivity index (χ3n) is 1.70. The summed E-state index contributed by atoms with van der Waals surface area (Å²) in [7, 11) is 0. The van der Waals surface area contributed by atoms with Crippen LogP contribution in [-0.4, -0.2) is 14.9 Å². The van der Waals surface area contributed by atoms with Gasteiger partial charge in [0, 0.05) is 5.70 Å². The second-order valence-corrected chi connectivity index (χ2v) is 3.40. The van der Waals surface area contributed by atoms with Gasteiger partial charge in [-0.3, -0.25) is 5.43 Å². The Morgan fingerprint density at radius 3 is 2.64 bits per heavy atom. The van der Waals surface area contributed by atoms with E-state index in [-0.39, 0.29) is 0 Å². The van der Waals surface area contributed by atoms with Gasteiger partial charge in [0.1, 0.15) is 12.7 Å². The summed E-state index contributed by atoms with van der Waals surface area (Å²) in [6.07, 6.45) is 7.33. The fraction of sp³-hybridized carbons (Fsp3) is 0.400. The monoisotopic (exact) mass is 192 g/mol. The Balaban J connectivity index is 2.27. The summed E-state index contributed by atoms with van der Waals surface area (Å²) < 4.78 is 1.69. The normalized spacial score (nSPS) is 9.57. The first kappa shape index (κ1) is 10.5. The molecule has 4 nitrogen and oxygen atoms in total. The molecule has 0 saturated heterocycles. The van der Waals surface area contributed by atoms with E-state index in [0.29, 0.717) is 0 Å². The Morgan fingerprint density at radius 2 is 2.07 bits per heavy atom. The van der Waals surface area contributed by atoms with Crippen LogP contribution < -0.4 is 5.43 Å². The van der Waals surface area contributed by atoms with Crippen molar-refractivity contribution in [2.24, 2.45) is 0 Å². The van der Waals surface area contributed by atoms with E-state index in [1.54, 1.807) is 17.3 Å². The fourth-order valence-corrected chi connectivity index (χ4v) is 1.03. The molecule has 1 aromatic heterocycles. The molecule has 0 unspecified atom stereocenters. The highest BCUT2D eigenvalue weighted by Crippen LogP contribution is 2.03. The molecule has 1 rings (SSSR count). The smallest absolute Gasteiger partial charge is 0.139 e. The van der Waals surface area contributed by atoms with Crippen LogP contribution in [0.4, 0.5) is 0 Å². The Labute approximate surface area is 84.3 Å². The molecule has 0 amide bonds. The lowest BCUT2D eigenvalue weighted by Gasteiger charge is -2.07. The molecule has 0 spiro atoms. The highest BCUT2D eigenvalue weighted by atomic mass is 15.5. The Hall–Kier alpha value is -1.58. The molecule has 1 N–H and O–H groups in total. The van der Waals surface area contributed by atoms with Crippen LogP contribution in [0.2, 0.25) is 0 Å². The average Bonchev–Trinajstić information content (AvgIpc) is 2.56. The second-order valence-electron chi connectivity index (χ2n) is 3.40. The van der Waals surface area contributed by atoms with E-state index in [4.69, 9.17) is 0 Å². The van der Waals surface area contributed by atoms with Crippen LogP contribution in [0, 0.1) is 0 Å². The maximum Gasteiger partial charge on any atom is 0.139 e. The molecule has 0 atom stereocenters. The summed E-state index contributed by atoms with van der Waals surface area (Å²) in [5, 5.41) is 7.36. The molecule has 0 aromatic carbocycles. The quantitative estimate of drug-likeness (QED) is 0.726. The van der Waals surface area contributed by atoms with Crippen molar-refractivity contribution in [1.82, 2.24) is 14.9 Å². The number of rotatable bonds is 5. The molecule has 0 aliphatic carbocycles. The van der Waals surface area contributed by atoms with Gasteiger partial charge in [-0.1, -0.05) is 18.2 Å². The molecule has 14 heavy (non-hydrogen) atoms. The number of allylic oxidation sites excluding steroid dienone is 3. The fourth-order valence-electron chi connectivity index (χ4n) is 1.03. The first-order valence-electron chi connectivity index (χ1n) is 4.61. The highest BCUT2D eigenvalue weighted by Gasteiger charge is 1.93. The molecule has 0 saturated carbocycles. The first-order valence-corrected chi connectivity index (χ1v) is 4.61. The number of hydrogen-bond donors (Lipinski definition) is 1. The largest absolute Gasteiger partial charge is 0.297 e. The van der Waals surface area contributed by atoms with Gasteiger partial charge in [-0.2, -0.15) is 0 Å². The van der Waals surface area contributed by atoms with Crippen LogP contribution in [0.5, 0.6) is 0 Å². The molecular weight excluding hydrogens is 176 g/mol. The molecular formula is C10H16N4. The summed E-state index contributed by atoms with van der Waals surface area (Å²) in [5.74, 6) is 0. The third-order valence-corrected chi connectivity index (χ3v) is 1.70. The summed E-state index contributed by atoms with van der Waals surface area (Å²) in [6.45, 7) is 8.10. The van der Waals surface area contributed by atoms with Crippen molar-refractivity contribution < 1.29 is 0 Å². The summed E-state index contributed by atoms with van der Waals surface area (Å²) in [6, 6.07) is 0. The summed E-state index contributed by atoms with van der Waals surface area (Å²) >= 11 is 0. The van der Waals surface area contributed by atoms with E-state index in [1.165, 1.54) is 5.57 Å². The molecule has 0 radical (unpaired) electrons. The lowest BCUT2D eigenvalue weighted by Crippen LogP contribution is -2.11. The van der Waals surface area contributed by atoms with Gasteiger partial charge in [0.25, 0.3) is 0 Å². The van der Waals surface area contributed by atoms with Crippen molar-refractivity contribution in [2.75, 3.05) is 5.43 Å². The van der Waals surface area contributed by atoms with Crippen molar-refractivity contribution in [3.05, 3.63) is 36.6 Å². The zero-order valence-electron chi connectivity index (χ0n) is 8.70. The summed E-state index contributed by atoms with van der Waals surface area (Å²) in [5.41, 5.74) is 5.36. The van der Waals surface area contributed by atoms with Crippen molar-refractivity contribution >= 4 is 0 Å². The van der Waals surface area contributed by atoms with E-state index in [9.17, 15) is 0 Å². The number of aromatic nitrogens is 3. The lowest BCUT2D eigenvalue weighted by atomic mass is 10.2. The van der Waals surface area contributed by atoms with Gasteiger partial charge in [-0.05, 0) is 26.7 Å². The number of nitrogens with zero attached hydrogens (tertiary/aromatic N) is 3. The van der Waals surface area contributed by atoms with Gasteiger partial charge in [0.15, 0.2) is 0 Å². The van der Waals surface area contributed by atoms with Crippen LogP contribution in [0.15, 0.2) is 36.6 Å². The SMILES string of the molecule is C=C(CCC=C(C)C)Nn1cnnc1. The van der Waals surface area contributed by atoms with Crippen molar-refractivity contribution in [2.45, 2.75) is 26.7 Å². The minimum atomic E-state index is 0.920. The van der Waals surface area contributed by atoms with Crippen molar-refractivity contribution in [3.8, 4) is 0 Å². The molecule has 1 aromatic rings. The molecule has 76 valence electrons. The van der Waals surface area contributed by atoms with Gasteiger partial charge < -0.3 is 0 Å². The average molecular weight is 192 g/mol. The Bertz CT molecular complexity index is 307. The second kappa shape index (κ2) is 5.21. The van der Waals surface area contributed by atoms with Gasteiger partial charge in [-0.15, -0.1) is 10.2 Å². The predicted molar refractivity (Wildman–Crippen MR) is 57.2 cm³/mol. The topological polar surface area (TPSA) is 42.7 Å². The number of nitrogens with one attached hydrogen (secondary N) is 1. The highest BCUT2D eigenvalue weighted by molar-refractivity contribution is 5.05. The molecule has 0 bridgehead atoms. The third kappa shape index (κ3) is 3.89. The minimum absolute atomic E-state index is 0.920. The van der Waals surface area contributed by atoms with E-state index in [1.807, 2.05) is 0 Å².